The lowest BCUT2D eigenvalue weighted by Crippen LogP contribution is -2.47. The minimum Gasteiger partial charge on any atom is -0.508 e. The highest BCUT2D eigenvalue weighted by Gasteiger charge is 2.24. The van der Waals surface area contributed by atoms with E-state index in [-0.39, 0.29) is 0 Å². The first kappa shape index (κ1) is 14.4. The molecule has 0 saturated carbocycles. The molecule has 0 bridgehead atoms. The summed E-state index contributed by atoms with van der Waals surface area (Å²) in [5.74, 6) is 0.435. The van der Waals surface area contributed by atoms with Crippen molar-refractivity contribution in [3.63, 3.8) is 0 Å². The first-order valence-electron chi connectivity index (χ1n) is 7.50. The van der Waals surface area contributed by atoms with Crippen molar-refractivity contribution >= 4 is 0 Å². The summed E-state index contributed by atoms with van der Waals surface area (Å²) >= 11 is 0. The molecule has 0 aliphatic carbocycles. The average Bonchev–Trinajstić information content (AvgIpc) is 2.44. The van der Waals surface area contributed by atoms with Crippen molar-refractivity contribution in [1.82, 2.24) is 9.80 Å². The highest BCUT2D eigenvalue weighted by Crippen LogP contribution is 2.31. The van der Waals surface area contributed by atoms with Crippen LogP contribution in [0.5, 0.6) is 5.75 Å². The van der Waals surface area contributed by atoms with Gasteiger partial charge in [0, 0.05) is 37.8 Å². The molecule has 19 heavy (non-hydrogen) atoms. The molecular formula is C16H26N2O. The van der Waals surface area contributed by atoms with E-state index in [0.717, 1.165) is 38.2 Å². The second kappa shape index (κ2) is 6.92. The zero-order chi connectivity index (χ0) is 13.7. The normalized spacial score (nSPS) is 19.5. The number of rotatable bonds is 5. The Balaban J connectivity index is 2.02. The summed E-state index contributed by atoms with van der Waals surface area (Å²) in [5, 5.41) is 10.0. The summed E-state index contributed by atoms with van der Waals surface area (Å²) < 4.78 is 0. The summed E-state index contributed by atoms with van der Waals surface area (Å²) in [7, 11) is 0. The Morgan fingerprint density at radius 2 is 1.79 bits per heavy atom. The van der Waals surface area contributed by atoms with Crippen molar-refractivity contribution in [1.29, 1.82) is 0 Å². The molecule has 0 amide bonds. The van der Waals surface area contributed by atoms with E-state index in [1.165, 1.54) is 13.0 Å². The third kappa shape index (κ3) is 3.48. The van der Waals surface area contributed by atoms with Gasteiger partial charge in [-0.1, -0.05) is 32.0 Å². The minimum absolute atomic E-state index is 0.352. The molecule has 1 fully saturated rings. The molecule has 3 heteroatoms. The van der Waals surface area contributed by atoms with Gasteiger partial charge >= 0.3 is 0 Å². The van der Waals surface area contributed by atoms with E-state index in [9.17, 15) is 5.11 Å². The maximum atomic E-state index is 10.0. The van der Waals surface area contributed by atoms with Gasteiger partial charge in [0.2, 0.25) is 0 Å². The molecule has 1 aliphatic heterocycles. The number of nitrogens with zero attached hydrogens (tertiary/aromatic N) is 2. The molecule has 1 aromatic rings. The van der Waals surface area contributed by atoms with Crippen LogP contribution in [-0.2, 0) is 0 Å². The molecule has 1 atom stereocenters. The van der Waals surface area contributed by atoms with Gasteiger partial charge in [-0.05, 0) is 25.5 Å². The maximum absolute atomic E-state index is 10.0. The smallest absolute Gasteiger partial charge is 0.120 e. The number of phenolic OH excluding ortho intramolecular Hbond substituents is 1. The standard InChI is InChI=1S/C16H26N2O/c1-3-9-17-10-12-18(13-11-17)15(4-2)14-7-5-6-8-16(14)19/h5-8,15,19H,3-4,9-13H2,1-2H3. The van der Waals surface area contributed by atoms with E-state index in [1.54, 1.807) is 6.07 Å². The van der Waals surface area contributed by atoms with Crippen molar-refractivity contribution in [2.75, 3.05) is 32.7 Å². The molecule has 1 saturated heterocycles. The van der Waals surface area contributed by atoms with Crippen molar-refractivity contribution in [2.24, 2.45) is 0 Å². The van der Waals surface area contributed by atoms with Gasteiger partial charge in [0.05, 0.1) is 0 Å². The first-order chi connectivity index (χ1) is 9.26. The third-order valence-corrected chi connectivity index (χ3v) is 4.07. The van der Waals surface area contributed by atoms with Crippen molar-refractivity contribution in [2.45, 2.75) is 32.7 Å². The van der Waals surface area contributed by atoms with Crippen LogP contribution >= 0.6 is 0 Å². The quantitative estimate of drug-likeness (QED) is 0.884. The van der Waals surface area contributed by atoms with Crippen LogP contribution in [0.1, 0.15) is 38.3 Å². The second-order valence-corrected chi connectivity index (χ2v) is 5.36. The van der Waals surface area contributed by atoms with Gasteiger partial charge in [-0.3, -0.25) is 4.90 Å². The Labute approximate surface area is 116 Å². The van der Waals surface area contributed by atoms with Gasteiger partial charge in [0.15, 0.2) is 0 Å². The number of hydrogen-bond donors (Lipinski definition) is 1. The van der Waals surface area contributed by atoms with E-state index < -0.39 is 0 Å². The lowest BCUT2D eigenvalue weighted by atomic mass is 10.0. The highest BCUT2D eigenvalue weighted by atomic mass is 16.3. The predicted molar refractivity (Wildman–Crippen MR) is 79.4 cm³/mol. The molecule has 3 nitrogen and oxygen atoms in total. The van der Waals surface area contributed by atoms with Crippen LogP contribution < -0.4 is 0 Å². The lowest BCUT2D eigenvalue weighted by Gasteiger charge is -2.39. The summed E-state index contributed by atoms with van der Waals surface area (Å²) in [6.45, 7) is 10.2. The van der Waals surface area contributed by atoms with Gasteiger partial charge in [-0.2, -0.15) is 0 Å². The fourth-order valence-electron chi connectivity index (χ4n) is 3.06. The fourth-order valence-corrected chi connectivity index (χ4v) is 3.06. The maximum Gasteiger partial charge on any atom is 0.120 e. The Morgan fingerprint density at radius 3 is 2.37 bits per heavy atom. The van der Waals surface area contributed by atoms with E-state index >= 15 is 0 Å². The van der Waals surface area contributed by atoms with Gasteiger partial charge in [0.1, 0.15) is 5.75 Å². The molecule has 0 spiro atoms. The third-order valence-electron chi connectivity index (χ3n) is 4.07. The zero-order valence-corrected chi connectivity index (χ0v) is 12.2. The Morgan fingerprint density at radius 1 is 1.11 bits per heavy atom. The Bertz CT molecular complexity index is 386. The molecule has 2 rings (SSSR count). The molecule has 1 aliphatic rings. The van der Waals surface area contributed by atoms with E-state index in [1.807, 2.05) is 12.1 Å². The SMILES string of the molecule is CCCN1CCN(C(CC)c2ccccc2O)CC1. The average molecular weight is 262 g/mol. The number of aromatic hydroxyl groups is 1. The van der Waals surface area contributed by atoms with Crippen LogP contribution in [0.4, 0.5) is 0 Å². The number of piperazine rings is 1. The van der Waals surface area contributed by atoms with Crippen LogP contribution in [0, 0.1) is 0 Å². The van der Waals surface area contributed by atoms with Crippen LogP contribution in [0.2, 0.25) is 0 Å². The summed E-state index contributed by atoms with van der Waals surface area (Å²) in [6.07, 6.45) is 2.28. The molecular weight excluding hydrogens is 236 g/mol. The molecule has 0 aromatic heterocycles. The Kier molecular flexibility index (Phi) is 5.23. The number of benzene rings is 1. The molecule has 106 valence electrons. The zero-order valence-electron chi connectivity index (χ0n) is 12.2. The van der Waals surface area contributed by atoms with Gasteiger partial charge < -0.3 is 10.0 Å². The number of phenols is 1. The van der Waals surface area contributed by atoms with Gasteiger partial charge in [-0.25, -0.2) is 0 Å². The molecule has 1 N–H and O–H groups in total. The van der Waals surface area contributed by atoms with Crippen molar-refractivity contribution < 1.29 is 5.11 Å². The Hall–Kier alpha value is -1.06. The number of hydrogen-bond acceptors (Lipinski definition) is 3. The predicted octanol–water partition coefficient (Wildman–Crippen LogP) is 2.87. The van der Waals surface area contributed by atoms with Crippen LogP contribution in [0.3, 0.4) is 0 Å². The fraction of sp³-hybridized carbons (Fsp3) is 0.625. The van der Waals surface area contributed by atoms with Crippen LogP contribution in [-0.4, -0.2) is 47.6 Å². The molecule has 0 radical (unpaired) electrons. The molecule has 1 unspecified atom stereocenters. The van der Waals surface area contributed by atoms with E-state index in [0.29, 0.717) is 11.8 Å². The summed E-state index contributed by atoms with van der Waals surface area (Å²) in [4.78, 5) is 5.05. The van der Waals surface area contributed by atoms with Crippen LogP contribution in [0.25, 0.3) is 0 Å². The summed E-state index contributed by atoms with van der Waals surface area (Å²) in [5.41, 5.74) is 1.08. The molecule has 1 aromatic carbocycles. The van der Waals surface area contributed by atoms with E-state index in [2.05, 4.69) is 29.7 Å². The molecule has 1 heterocycles. The van der Waals surface area contributed by atoms with Gasteiger partial charge in [0.25, 0.3) is 0 Å². The summed E-state index contributed by atoms with van der Waals surface area (Å²) in [6, 6.07) is 8.12. The number of para-hydroxylation sites is 1. The highest BCUT2D eigenvalue weighted by molar-refractivity contribution is 5.34. The van der Waals surface area contributed by atoms with Crippen molar-refractivity contribution in [3.05, 3.63) is 29.8 Å². The second-order valence-electron chi connectivity index (χ2n) is 5.36. The monoisotopic (exact) mass is 262 g/mol. The minimum atomic E-state index is 0.352. The van der Waals surface area contributed by atoms with E-state index in [4.69, 9.17) is 0 Å². The van der Waals surface area contributed by atoms with Crippen molar-refractivity contribution in [3.8, 4) is 5.75 Å². The largest absolute Gasteiger partial charge is 0.508 e. The van der Waals surface area contributed by atoms with Crippen LogP contribution in [0.15, 0.2) is 24.3 Å². The topological polar surface area (TPSA) is 26.7 Å². The first-order valence-corrected chi connectivity index (χ1v) is 7.50. The lowest BCUT2D eigenvalue weighted by molar-refractivity contribution is 0.0928. The van der Waals surface area contributed by atoms with Gasteiger partial charge in [-0.15, -0.1) is 0 Å².